The molecule has 1 aromatic carbocycles. The van der Waals surface area contributed by atoms with Crippen LogP contribution in [0.3, 0.4) is 0 Å². The van der Waals surface area contributed by atoms with Gasteiger partial charge < -0.3 is 0 Å². The maximum absolute atomic E-state index is 13.6. The average molecular weight is 285 g/mol. The molecule has 0 heterocycles. The van der Waals surface area contributed by atoms with E-state index in [9.17, 15) is 12.8 Å². The number of rotatable bonds is 3. The van der Waals surface area contributed by atoms with E-state index in [1.54, 1.807) is 0 Å². The minimum atomic E-state index is -3.77. The van der Waals surface area contributed by atoms with Crippen molar-refractivity contribution in [3.05, 3.63) is 30.1 Å². The predicted molar refractivity (Wildman–Crippen MR) is 72.7 cm³/mol. The Hall–Kier alpha value is -0.940. The second-order valence-corrected chi connectivity index (χ2v) is 7.11. The highest BCUT2D eigenvalue weighted by Gasteiger charge is 2.31. The van der Waals surface area contributed by atoms with Crippen LogP contribution in [-0.2, 0) is 10.0 Å². The van der Waals surface area contributed by atoms with Crippen LogP contribution in [0.15, 0.2) is 29.2 Å². The predicted octanol–water partition coefficient (Wildman–Crippen LogP) is 2.93. The van der Waals surface area contributed by atoms with Gasteiger partial charge in [-0.1, -0.05) is 38.8 Å². The molecule has 5 heteroatoms. The first-order valence-electron chi connectivity index (χ1n) is 6.68. The zero-order valence-corrected chi connectivity index (χ0v) is 12.1. The highest BCUT2D eigenvalue weighted by Crippen LogP contribution is 2.30. The zero-order valence-electron chi connectivity index (χ0n) is 11.3. The van der Waals surface area contributed by atoms with Gasteiger partial charge >= 0.3 is 0 Å². The number of hydrogen-bond donors (Lipinski definition) is 1. The van der Waals surface area contributed by atoms with Crippen LogP contribution >= 0.6 is 0 Å². The molecule has 0 saturated heterocycles. The van der Waals surface area contributed by atoms with Crippen molar-refractivity contribution in [3.8, 4) is 0 Å². The summed E-state index contributed by atoms with van der Waals surface area (Å²) < 4.78 is 40.7. The number of hydrogen-bond acceptors (Lipinski definition) is 2. The molecule has 1 aliphatic rings. The molecule has 1 saturated carbocycles. The van der Waals surface area contributed by atoms with E-state index in [4.69, 9.17) is 0 Å². The third-order valence-electron chi connectivity index (χ3n) is 4.14. The molecule has 106 valence electrons. The van der Waals surface area contributed by atoms with Crippen molar-refractivity contribution in [1.29, 1.82) is 0 Å². The summed E-state index contributed by atoms with van der Waals surface area (Å²) in [6.07, 6.45) is 2.95. The van der Waals surface area contributed by atoms with E-state index in [1.807, 2.05) is 0 Å². The van der Waals surface area contributed by atoms with Crippen molar-refractivity contribution < 1.29 is 12.8 Å². The Labute approximate surface area is 114 Å². The van der Waals surface area contributed by atoms with Crippen LogP contribution < -0.4 is 4.72 Å². The van der Waals surface area contributed by atoms with E-state index in [0.717, 1.165) is 19.3 Å². The van der Waals surface area contributed by atoms with Gasteiger partial charge in [-0.2, -0.15) is 0 Å². The molecule has 2 rings (SSSR count). The molecule has 1 fully saturated rings. The second kappa shape index (κ2) is 5.59. The molecule has 1 aliphatic carbocycles. The fourth-order valence-electron chi connectivity index (χ4n) is 2.67. The fraction of sp³-hybridized carbons (Fsp3) is 0.571. The maximum Gasteiger partial charge on any atom is 0.243 e. The van der Waals surface area contributed by atoms with E-state index in [2.05, 4.69) is 18.6 Å². The van der Waals surface area contributed by atoms with Crippen molar-refractivity contribution >= 4 is 10.0 Å². The maximum atomic E-state index is 13.6. The summed E-state index contributed by atoms with van der Waals surface area (Å²) in [7, 11) is -3.77. The van der Waals surface area contributed by atoms with Crippen molar-refractivity contribution in [3.63, 3.8) is 0 Å². The number of sulfonamides is 1. The Morgan fingerprint density at radius 2 is 1.89 bits per heavy atom. The molecule has 0 spiro atoms. The van der Waals surface area contributed by atoms with Crippen molar-refractivity contribution in [2.45, 2.75) is 44.0 Å². The monoisotopic (exact) mass is 285 g/mol. The number of benzene rings is 1. The van der Waals surface area contributed by atoms with E-state index < -0.39 is 15.8 Å². The van der Waals surface area contributed by atoms with E-state index in [0.29, 0.717) is 5.92 Å². The first-order valence-corrected chi connectivity index (χ1v) is 8.17. The highest BCUT2D eigenvalue weighted by molar-refractivity contribution is 7.89. The Kier molecular flexibility index (Phi) is 4.26. The van der Waals surface area contributed by atoms with Crippen LogP contribution in [0.1, 0.15) is 33.1 Å². The molecule has 19 heavy (non-hydrogen) atoms. The van der Waals surface area contributed by atoms with Crippen LogP contribution in [0.2, 0.25) is 0 Å². The zero-order chi connectivity index (χ0) is 14.0. The van der Waals surface area contributed by atoms with Crippen LogP contribution in [-0.4, -0.2) is 14.5 Å². The summed E-state index contributed by atoms with van der Waals surface area (Å²) in [5.41, 5.74) is 0. The summed E-state index contributed by atoms with van der Waals surface area (Å²) in [6, 6.07) is 5.38. The molecular weight excluding hydrogens is 265 g/mol. The largest absolute Gasteiger partial charge is 0.243 e. The number of nitrogens with one attached hydrogen (secondary N) is 1. The van der Waals surface area contributed by atoms with Gasteiger partial charge in [-0.25, -0.2) is 17.5 Å². The van der Waals surface area contributed by atoms with Gasteiger partial charge in [0.05, 0.1) is 0 Å². The SMILES string of the molecule is C[C@@H]1[C@@H](C)CCC[C@H]1NS(=O)(=O)c1ccccc1F. The molecule has 0 radical (unpaired) electrons. The van der Waals surface area contributed by atoms with Gasteiger partial charge in [0.15, 0.2) is 0 Å². The van der Waals surface area contributed by atoms with Gasteiger partial charge in [-0.15, -0.1) is 0 Å². The molecule has 3 atom stereocenters. The lowest BCUT2D eigenvalue weighted by atomic mass is 9.78. The molecule has 0 amide bonds. The summed E-state index contributed by atoms with van der Waals surface area (Å²) in [5, 5.41) is 0. The van der Waals surface area contributed by atoms with E-state index >= 15 is 0 Å². The third kappa shape index (κ3) is 3.15. The lowest BCUT2D eigenvalue weighted by molar-refractivity contribution is 0.227. The minimum Gasteiger partial charge on any atom is -0.208 e. The van der Waals surface area contributed by atoms with Gasteiger partial charge in [0.25, 0.3) is 0 Å². The van der Waals surface area contributed by atoms with Crippen LogP contribution in [0.25, 0.3) is 0 Å². The standard InChI is InChI=1S/C14H20FNO2S/c1-10-6-5-8-13(11(10)2)16-19(17,18)14-9-4-3-7-12(14)15/h3-4,7,9-11,13,16H,5-6,8H2,1-2H3/t10-,11+,13+/m0/s1. The highest BCUT2D eigenvalue weighted by atomic mass is 32.2. The van der Waals surface area contributed by atoms with Gasteiger partial charge in [0.2, 0.25) is 10.0 Å². The van der Waals surface area contributed by atoms with Crippen LogP contribution in [0, 0.1) is 17.7 Å². The summed E-state index contributed by atoms with van der Waals surface area (Å²) >= 11 is 0. The molecule has 0 bridgehead atoms. The molecular formula is C14H20FNO2S. The molecule has 0 unspecified atom stereocenters. The summed E-state index contributed by atoms with van der Waals surface area (Å²) in [5.74, 6) is 0.0591. The van der Waals surface area contributed by atoms with Gasteiger partial charge in [0, 0.05) is 6.04 Å². The first-order chi connectivity index (χ1) is 8.92. The lowest BCUT2D eigenvalue weighted by Gasteiger charge is -2.34. The van der Waals surface area contributed by atoms with Crippen molar-refractivity contribution in [2.75, 3.05) is 0 Å². The van der Waals surface area contributed by atoms with Crippen LogP contribution in [0.5, 0.6) is 0 Å². The fourth-order valence-corrected chi connectivity index (χ4v) is 4.11. The first kappa shape index (κ1) is 14.5. The quantitative estimate of drug-likeness (QED) is 0.928. The molecule has 0 aromatic heterocycles. The van der Waals surface area contributed by atoms with Gasteiger partial charge in [-0.3, -0.25) is 0 Å². The Balaban J connectivity index is 2.20. The summed E-state index contributed by atoms with van der Waals surface area (Å²) in [4.78, 5) is -0.263. The van der Waals surface area contributed by atoms with Gasteiger partial charge in [-0.05, 0) is 30.4 Å². The molecule has 1 aromatic rings. The average Bonchev–Trinajstić information content (AvgIpc) is 2.35. The third-order valence-corrected chi connectivity index (χ3v) is 5.66. The number of halogens is 1. The van der Waals surface area contributed by atoms with E-state index in [1.165, 1.54) is 24.3 Å². The smallest absolute Gasteiger partial charge is 0.208 e. The Morgan fingerprint density at radius 1 is 1.21 bits per heavy atom. The normalized spacial score (nSPS) is 28.3. The minimum absolute atomic E-state index is 0.103. The summed E-state index contributed by atoms with van der Waals surface area (Å²) in [6.45, 7) is 4.19. The van der Waals surface area contributed by atoms with Crippen molar-refractivity contribution in [2.24, 2.45) is 11.8 Å². The molecule has 1 N–H and O–H groups in total. The van der Waals surface area contributed by atoms with E-state index in [-0.39, 0.29) is 16.9 Å². The Bertz CT molecular complexity index is 544. The Morgan fingerprint density at radius 3 is 2.58 bits per heavy atom. The van der Waals surface area contributed by atoms with Crippen molar-refractivity contribution in [1.82, 2.24) is 4.72 Å². The topological polar surface area (TPSA) is 46.2 Å². The van der Waals surface area contributed by atoms with Crippen LogP contribution in [0.4, 0.5) is 4.39 Å². The molecule has 3 nitrogen and oxygen atoms in total. The lowest BCUT2D eigenvalue weighted by Crippen LogP contribution is -2.43. The van der Waals surface area contributed by atoms with Gasteiger partial charge in [0.1, 0.15) is 10.7 Å². The molecule has 0 aliphatic heterocycles. The second-order valence-electron chi connectivity index (χ2n) is 5.43.